The first-order valence-electron chi connectivity index (χ1n) is 4.00. The summed E-state index contributed by atoms with van der Waals surface area (Å²) in [5.41, 5.74) is 5.54. The molecule has 0 saturated carbocycles. The number of rotatable bonds is 2. The van der Waals surface area contributed by atoms with E-state index in [0.29, 0.717) is 5.56 Å². The third kappa shape index (κ3) is 2.14. The summed E-state index contributed by atoms with van der Waals surface area (Å²) in [6.45, 7) is 3.43. The molecule has 1 aromatic rings. The molecule has 0 aliphatic carbocycles. The van der Waals surface area contributed by atoms with Crippen molar-refractivity contribution in [2.75, 3.05) is 0 Å². The van der Waals surface area contributed by atoms with Gasteiger partial charge in [-0.05, 0) is 11.1 Å². The first kappa shape index (κ1) is 10.8. The van der Waals surface area contributed by atoms with Gasteiger partial charge in [0.25, 0.3) is 0 Å². The minimum absolute atomic E-state index is 0.0509. The fourth-order valence-corrected chi connectivity index (χ4v) is 1.16. The van der Waals surface area contributed by atoms with Crippen LogP contribution in [0.4, 0.5) is 13.2 Å². The Balaban J connectivity index is 3.12. The summed E-state index contributed by atoms with van der Waals surface area (Å²) in [5, 5.41) is 0. The van der Waals surface area contributed by atoms with Crippen LogP contribution in [0.25, 0.3) is 6.08 Å². The third-order valence-electron chi connectivity index (χ3n) is 1.90. The molecule has 0 bridgehead atoms. The van der Waals surface area contributed by atoms with E-state index in [1.807, 2.05) is 0 Å². The summed E-state index contributed by atoms with van der Waals surface area (Å²) in [5.74, 6) is 0. The van der Waals surface area contributed by atoms with Crippen molar-refractivity contribution in [1.29, 1.82) is 0 Å². The number of hydrogen-bond acceptors (Lipinski definition) is 1. The number of nitrogens with two attached hydrogens (primary N) is 1. The highest BCUT2D eigenvalue weighted by molar-refractivity contribution is 5.52. The lowest BCUT2D eigenvalue weighted by Gasteiger charge is -2.17. The Kier molecular flexibility index (Phi) is 2.96. The Morgan fingerprint density at radius 2 is 1.86 bits per heavy atom. The first-order valence-corrected chi connectivity index (χ1v) is 4.00. The van der Waals surface area contributed by atoms with Gasteiger partial charge in [0.15, 0.2) is 0 Å². The predicted octanol–water partition coefficient (Wildman–Crippen LogP) is 2.89. The lowest BCUT2D eigenvalue weighted by atomic mass is 10.0. The van der Waals surface area contributed by atoms with Gasteiger partial charge in [-0.3, -0.25) is 0 Å². The van der Waals surface area contributed by atoms with Crippen molar-refractivity contribution >= 4 is 6.08 Å². The highest BCUT2D eigenvalue weighted by Crippen LogP contribution is 2.32. The Morgan fingerprint density at radius 3 is 2.36 bits per heavy atom. The van der Waals surface area contributed by atoms with Gasteiger partial charge in [-0.25, -0.2) is 0 Å². The van der Waals surface area contributed by atoms with Gasteiger partial charge in [-0.1, -0.05) is 36.9 Å². The lowest BCUT2D eigenvalue weighted by Crippen LogP contribution is -2.29. The first-order chi connectivity index (χ1) is 6.46. The molecule has 14 heavy (non-hydrogen) atoms. The Labute approximate surface area is 80.0 Å². The Bertz CT molecular complexity index is 330. The van der Waals surface area contributed by atoms with Gasteiger partial charge in [-0.2, -0.15) is 13.2 Å². The molecule has 0 spiro atoms. The molecule has 0 unspecified atom stereocenters. The maximum atomic E-state index is 12.3. The molecule has 1 atom stereocenters. The van der Waals surface area contributed by atoms with Crippen LogP contribution in [-0.2, 0) is 0 Å². The van der Waals surface area contributed by atoms with Gasteiger partial charge >= 0.3 is 6.18 Å². The van der Waals surface area contributed by atoms with Crippen LogP contribution in [0.15, 0.2) is 30.8 Å². The lowest BCUT2D eigenvalue weighted by molar-refractivity contribution is -0.149. The molecule has 0 radical (unpaired) electrons. The van der Waals surface area contributed by atoms with Crippen LogP contribution >= 0.6 is 0 Å². The van der Waals surface area contributed by atoms with Crippen molar-refractivity contribution < 1.29 is 13.2 Å². The monoisotopic (exact) mass is 201 g/mol. The van der Waals surface area contributed by atoms with Gasteiger partial charge in [0.05, 0.1) is 0 Å². The van der Waals surface area contributed by atoms with E-state index >= 15 is 0 Å². The maximum absolute atomic E-state index is 12.3. The van der Waals surface area contributed by atoms with Crippen LogP contribution in [0.1, 0.15) is 17.2 Å². The largest absolute Gasteiger partial charge is 0.407 e. The van der Waals surface area contributed by atoms with Crippen molar-refractivity contribution in [3.05, 3.63) is 42.0 Å². The highest BCUT2D eigenvalue weighted by atomic mass is 19.4. The van der Waals surface area contributed by atoms with E-state index in [2.05, 4.69) is 6.58 Å². The molecule has 0 heterocycles. The van der Waals surface area contributed by atoms with Gasteiger partial charge in [0.2, 0.25) is 0 Å². The summed E-state index contributed by atoms with van der Waals surface area (Å²) >= 11 is 0. The SMILES string of the molecule is C=Cc1ccccc1[C@@H](N)C(F)(F)F. The fraction of sp³-hybridized carbons (Fsp3) is 0.200. The number of halogens is 3. The van der Waals surface area contributed by atoms with Crippen LogP contribution in [0, 0.1) is 0 Å². The zero-order valence-electron chi connectivity index (χ0n) is 7.38. The molecule has 76 valence electrons. The third-order valence-corrected chi connectivity index (χ3v) is 1.90. The standard InChI is InChI=1S/C10H10F3N/c1-2-7-5-3-4-6-8(7)9(14)10(11,12)13/h2-6,9H,1,14H2/t9-/m1/s1. The minimum Gasteiger partial charge on any atom is -0.316 e. The van der Waals surface area contributed by atoms with Crippen molar-refractivity contribution in [3.63, 3.8) is 0 Å². The smallest absolute Gasteiger partial charge is 0.316 e. The van der Waals surface area contributed by atoms with E-state index in [4.69, 9.17) is 5.73 Å². The summed E-state index contributed by atoms with van der Waals surface area (Å²) in [4.78, 5) is 0. The molecule has 4 heteroatoms. The van der Waals surface area contributed by atoms with Crippen LogP contribution < -0.4 is 5.73 Å². The molecule has 1 rings (SSSR count). The van der Waals surface area contributed by atoms with Gasteiger partial charge in [-0.15, -0.1) is 0 Å². The summed E-state index contributed by atoms with van der Waals surface area (Å²) in [7, 11) is 0. The highest BCUT2D eigenvalue weighted by Gasteiger charge is 2.38. The molecular weight excluding hydrogens is 191 g/mol. The van der Waals surface area contributed by atoms with E-state index in [9.17, 15) is 13.2 Å². The van der Waals surface area contributed by atoms with Crippen LogP contribution in [-0.4, -0.2) is 6.18 Å². The molecule has 1 nitrogen and oxygen atoms in total. The number of alkyl halides is 3. The average molecular weight is 201 g/mol. The second-order valence-electron chi connectivity index (χ2n) is 2.85. The van der Waals surface area contributed by atoms with E-state index < -0.39 is 12.2 Å². The van der Waals surface area contributed by atoms with Gasteiger partial charge in [0, 0.05) is 0 Å². The van der Waals surface area contributed by atoms with Crippen molar-refractivity contribution in [3.8, 4) is 0 Å². The van der Waals surface area contributed by atoms with Crippen molar-refractivity contribution in [1.82, 2.24) is 0 Å². The molecular formula is C10H10F3N. The van der Waals surface area contributed by atoms with E-state index in [1.54, 1.807) is 12.1 Å². The summed E-state index contributed by atoms with van der Waals surface area (Å²) in [6.07, 6.45) is -3.06. The number of benzene rings is 1. The Hall–Kier alpha value is -1.29. The zero-order chi connectivity index (χ0) is 10.8. The average Bonchev–Trinajstić information content (AvgIpc) is 2.15. The Morgan fingerprint density at radius 1 is 1.29 bits per heavy atom. The van der Waals surface area contributed by atoms with Gasteiger partial charge in [0.1, 0.15) is 6.04 Å². The molecule has 0 amide bonds. The second-order valence-corrected chi connectivity index (χ2v) is 2.85. The molecule has 1 aromatic carbocycles. The minimum atomic E-state index is -4.42. The molecule has 0 aromatic heterocycles. The van der Waals surface area contributed by atoms with Gasteiger partial charge < -0.3 is 5.73 Å². The van der Waals surface area contributed by atoms with E-state index in [1.165, 1.54) is 18.2 Å². The molecule has 2 N–H and O–H groups in total. The quantitative estimate of drug-likeness (QED) is 0.782. The van der Waals surface area contributed by atoms with E-state index in [0.717, 1.165) is 0 Å². The fourth-order valence-electron chi connectivity index (χ4n) is 1.16. The van der Waals surface area contributed by atoms with Crippen molar-refractivity contribution in [2.24, 2.45) is 5.73 Å². The number of hydrogen-bond donors (Lipinski definition) is 1. The molecule has 0 aliphatic heterocycles. The van der Waals surface area contributed by atoms with Crippen LogP contribution in [0.3, 0.4) is 0 Å². The molecule has 0 fully saturated rings. The summed E-state index contributed by atoms with van der Waals surface area (Å²) in [6, 6.07) is 4.12. The topological polar surface area (TPSA) is 26.0 Å². The van der Waals surface area contributed by atoms with E-state index in [-0.39, 0.29) is 5.56 Å². The molecule has 0 aliphatic rings. The van der Waals surface area contributed by atoms with Crippen LogP contribution in [0.2, 0.25) is 0 Å². The summed E-state index contributed by atoms with van der Waals surface area (Å²) < 4.78 is 36.9. The molecule has 0 saturated heterocycles. The second kappa shape index (κ2) is 3.84. The predicted molar refractivity (Wildman–Crippen MR) is 49.5 cm³/mol. The maximum Gasteiger partial charge on any atom is 0.407 e. The normalized spacial score (nSPS) is 13.7. The van der Waals surface area contributed by atoms with Crippen molar-refractivity contribution in [2.45, 2.75) is 12.2 Å². The zero-order valence-corrected chi connectivity index (χ0v) is 7.38. The van der Waals surface area contributed by atoms with Crippen LogP contribution in [0.5, 0.6) is 0 Å².